The van der Waals surface area contributed by atoms with Crippen LogP contribution in [0.3, 0.4) is 0 Å². The van der Waals surface area contributed by atoms with Gasteiger partial charge in [0.2, 0.25) is 0 Å². The van der Waals surface area contributed by atoms with Gasteiger partial charge in [0.15, 0.2) is 5.12 Å². The van der Waals surface area contributed by atoms with E-state index in [0.29, 0.717) is 0 Å². The molecule has 4 heteroatoms. The largest absolute Gasteiger partial charge is 0.381 e. The monoisotopic (exact) mass is 465 g/mol. The summed E-state index contributed by atoms with van der Waals surface area (Å²) in [6.07, 6.45) is 5.40. The number of benzene rings is 3. The van der Waals surface area contributed by atoms with Gasteiger partial charge in [-0.3, -0.25) is 4.79 Å². The average molecular weight is 466 g/mol. The van der Waals surface area contributed by atoms with Crippen LogP contribution >= 0.6 is 19.0 Å². The van der Waals surface area contributed by atoms with Crippen LogP contribution in [0.5, 0.6) is 0 Å². The number of hydrogen-bond acceptors (Lipinski definition) is 3. The average Bonchev–Trinajstić information content (AvgIpc) is 2.84. The lowest BCUT2D eigenvalue weighted by molar-refractivity contribution is -0.109. The van der Waals surface area contributed by atoms with Gasteiger partial charge < -0.3 is 4.74 Å². The molecule has 0 fully saturated rings. The van der Waals surface area contributed by atoms with Gasteiger partial charge in [-0.05, 0) is 62.1 Å². The van der Waals surface area contributed by atoms with Gasteiger partial charge in [0.05, 0.1) is 6.16 Å². The number of carbonyl (C=O) groups excluding carboxylic acids is 1. The Labute approximate surface area is 198 Å². The number of carbonyl (C=O) groups is 1. The summed E-state index contributed by atoms with van der Waals surface area (Å²) >= 11 is 1.41. The molecular weight excluding hydrogens is 431 g/mol. The van der Waals surface area contributed by atoms with Gasteiger partial charge in [-0.15, -0.1) is 0 Å². The normalized spacial score (nSPS) is 11.4. The highest BCUT2D eigenvalue weighted by Crippen LogP contribution is 2.55. The molecule has 0 N–H and O–H groups in total. The molecule has 0 amide bonds. The molecular formula is C28H34O2PS+. The molecule has 3 rings (SSSR count). The molecule has 0 atom stereocenters. The van der Waals surface area contributed by atoms with E-state index in [9.17, 15) is 4.79 Å². The molecule has 0 aromatic heterocycles. The predicted octanol–water partition coefficient (Wildman–Crippen LogP) is 5.84. The number of ether oxygens (including phenoxy) is 1. The van der Waals surface area contributed by atoms with E-state index in [0.717, 1.165) is 50.8 Å². The van der Waals surface area contributed by atoms with Crippen molar-refractivity contribution in [2.45, 2.75) is 32.6 Å². The number of unbranched alkanes of at least 4 members (excludes halogenated alkanes) is 2. The summed E-state index contributed by atoms with van der Waals surface area (Å²) in [5, 5.41) is 4.54. The van der Waals surface area contributed by atoms with Gasteiger partial charge in [0, 0.05) is 25.9 Å². The molecule has 168 valence electrons. The molecule has 32 heavy (non-hydrogen) atoms. The maximum atomic E-state index is 11.0. The Morgan fingerprint density at radius 3 is 1.56 bits per heavy atom. The lowest BCUT2D eigenvalue weighted by atomic mass is 10.3. The van der Waals surface area contributed by atoms with Crippen LogP contribution in [0.4, 0.5) is 0 Å². The summed E-state index contributed by atoms with van der Waals surface area (Å²) in [7, 11) is -1.72. The number of hydrogen-bond donors (Lipinski definition) is 0. The van der Waals surface area contributed by atoms with E-state index in [4.69, 9.17) is 4.74 Å². The van der Waals surface area contributed by atoms with Crippen LogP contribution in [0.1, 0.15) is 32.6 Å². The van der Waals surface area contributed by atoms with Crippen LogP contribution in [-0.2, 0) is 9.53 Å². The summed E-state index contributed by atoms with van der Waals surface area (Å²) < 4.78 is 5.89. The fourth-order valence-electron chi connectivity index (χ4n) is 4.06. The van der Waals surface area contributed by atoms with Gasteiger partial charge in [-0.2, -0.15) is 0 Å². The Hall–Kier alpha value is -1.93. The second kappa shape index (κ2) is 13.6. The van der Waals surface area contributed by atoms with E-state index in [1.165, 1.54) is 27.7 Å². The zero-order valence-electron chi connectivity index (χ0n) is 19.0. The minimum Gasteiger partial charge on any atom is -0.381 e. The van der Waals surface area contributed by atoms with Crippen LogP contribution in [0, 0.1) is 0 Å². The third-order valence-electron chi connectivity index (χ3n) is 5.61. The minimum atomic E-state index is -1.72. The summed E-state index contributed by atoms with van der Waals surface area (Å²) in [6, 6.07) is 33.2. The highest BCUT2D eigenvalue weighted by Gasteiger charge is 2.44. The first-order valence-electron chi connectivity index (χ1n) is 11.5. The molecule has 0 bridgehead atoms. The first-order chi connectivity index (χ1) is 15.7. The topological polar surface area (TPSA) is 26.3 Å². The van der Waals surface area contributed by atoms with Crippen molar-refractivity contribution in [3.05, 3.63) is 91.0 Å². The molecule has 0 radical (unpaired) electrons. The standard InChI is InChI=1S/C28H34O2PS/c1-25(29)32-24-14-12-22-30-21-11-13-23-31(26-15-5-2-6-16-26,27-17-7-3-8-18-27)28-19-9-4-10-20-28/h2-10,15-20H,11-14,21-24H2,1H3/q+1. The lowest BCUT2D eigenvalue weighted by Crippen LogP contribution is -2.33. The Morgan fingerprint density at radius 1 is 0.688 bits per heavy atom. The molecule has 0 spiro atoms. The molecule has 0 aliphatic rings. The molecule has 0 saturated carbocycles. The molecule has 0 heterocycles. The Morgan fingerprint density at radius 2 is 1.12 bits per heavy atom. The molecule has 3 aromatic rings. The zero-order chi connectivity index (χ0) is 22.5. The van der Waals surface area contributed by atoms with Gasteiger partial charge in [0.1, 0.15) is 23.2 Å². The SMILES string of the molecule is CC(=O)SCCCCOCCCC[P+](c1ccccc1)(c1ccccc1)c1ccccc1. The fraction of sp³-hybridized carbons (Fsp3) is 0.321. The second-order valence-electron chi connectivity index (χ2n) is 7.91. The van der Waals surface area contributed by atoms with Crippen LogP contribution in [0.25, 0.3) is 0 Å². The van der Waals surface area contributed by atoms with Gasteiger partial charge in [0.25, 0.3) is 0 Å². The first kappa shape index (κ1) is 24.7. The molecule has 0 unspecified atom stereocenters. The smallest absolute Gasteiger partial charge is 0.185 e. The molecule has 3 aromatic carbocycles. The molecule has 0 aliphatic carbocycles. The summed E-state index contributed by atoms with van der Waals surface area (Å²) in [6.45, 7) is 3.22. The van der Waals surface area contributed by atoms with E-state index < -0.39 is 7.26 Å². The van der Waals surface area contributed by atoms with Crippen molar-refractivity contribution < 1.29 is 9.53 Å². The number of rotatable bonds is 13. The number of thioether (sulfide) groups is 1. The first-order valence-corrected chi connectivity index (χ1v) is 14.5. The maximum absolute atomic E-state index is 11.0. The lowest BCUT2D eigenvalue weighted by Gasteiger charge is -2.27. The van der Waals surface area contributed by atoms with Crippen LogP contribution in [0.2, 0.25) is 0 Å². The summed E-state index contributed by atoms with van der Waals surface area (Å²) in [5.41, 5.74) is 0. The zero-order valence-corrected chi connectivity index (χ0v) is 20.7. The van der Waals surface area contributed by atoms with E-state index in [2.05, 4.69) is 91.0 Å². The van der Waals surface area contributed by atoms with Crippen molar-refractivity contribution in [1.82, 2.24) is 0 Å². The van der Waals surface area contributed by atoms with Crippen LogP contribution < -0.4 is 15.9 Å². The quantitative estimate of drug-likeness (QED) is 0.234. The van der Waals surface area contributed by atoms with E-state index >= 15 is 0 Å². The highest BCUT2D eigenvalue weighted by atomic mass is 32.2. The van der Waals surface area contributed by atoms with E-state index in [1.54, 1.807) is 6.92 Å². The summed E-state index contributed by atoms with van der Waals surface area (Å²) in [5.74, 6) is 0.900. The van der Waals surface area contributed by atoms with E-state index in [-0.39, 0.29) is 5.12 Å². The molecule has 0 aliphatic heterocycles. The van der Waals surface area contributed by atoms with E-state index in [1.807, 2.05) is 0 Å². The molecule has 0 saturated heterocycles. The minimum absolute atomic E-state index is 0.202. The highest BCUT2D eigenvalue weighted by molar-refractivity contribution is 8.13. The van der Waals surface area contributed by atoms with Crippen molar-refractivity contribution in [3.8, 4) is 0 Å². The van der Waals surface area contributed by atoms with Crippen molar-refractivity contribution in [1.29, 1.82) is 0 Å². The predicted molar refractivity (Wildman–Crippen MR) is 142 cm³/mol. The fourth-order valence-corrected chi connectivity index (χ4v) is 9.11. The van der Waals surface area contributed by atoms with Gasteiger partial charge >= 0.3 is 0 Å². The second-order valence-corrected chi connectivity index (χ2v) is 12.8. The van der Waals surface area contributed by atoms with Gasteiger partial charge in [-0.1, -0.05) is 66.4 Å². The van der Waals surface area contributed by atoms with Crippen molar-refractivity contribution >= 4 is 40.1 Å². The van der Waals surface area contributed by atoms with Gasteiger partial charge in [-0.25, -0.2) is 0 Å². The summed E-state index contributed by atoms with van der Waals surface area (Å²) in [4.78, 5) is 11.0. The van der Waals surface area contributed by atoms with Crippen molar-refractivity contribution in [2.75, 3.05) is 25.1 Å². The van der Waals surface area contributed by atoms with Crippen molar-refractivity contribution in [2.24, 2.45) is 0 Å². The Kier molecular flexibility index (Phi) is 10.5. The third-order valence-corrected chi connectivity index (χ3v) is 11.0. The molecule has 2 nitrogen and oxygen atoms in total. The Bertz CT molecular complexity index is 819. The van der Waals surface area contributed by atoms with Crippen LogP contribution in [-0.4, -0.2) is 30.2 Å². The Balaban J connectivity index is 1.66. The third kappa shape index (κ3) is 7.04. The van der Waals surface area contributed by atoms with Crippen LogP contribution in [0.15, 0.2) is 91.0 Å². The maximum Gasteiger partial charge on any atom is 0.185 e. The van der Waals surface area contributed by atoms with Crippen molar-refractivity contribution in [3.63, 3.8) is 0 Å².